The molecule has 1 aliphatic heterocycles. The molecule has 0 spiro atoms. The van der Waals surface area contributed by atoms with Gasteiger partial charge in [0.25, 0.3) is 0 Å². The van der Waals surface area contributed by atoms with E-state index in [1.807, 2.05) is 26.0 Å². The van der Waals surface area contributed by atoms with Crippen molar-refractivity contribution in [1.29, 1.82) is 0 Å². The van der Waals surface area contributed by atoms with Gasteiger partial charge >= 0.3 is 0 Å². The standard InChI is InChI=1S/C19H18FN3OS/c1-13-3-6-16(14(2)9-13)10-21-22-19-23(18(24)12-25-19)11-15-4-7-17(20)8-5-15/h3-10H,11-12H2,1-2H3/b21-10-,22-19+. The predicted molar refractivity (Wildman–Crippen MR) is 100 cm³/mol. The lowest BCUT2D eigenvalue weighted by Gasteiger charge is -2.15. The highest BCUT2D eigenvalue weighted by Crippen LogP contribution is 2.22. The van der Waals surface area contributed by atoms with Gasteiger partial charge in [-0.05, 0) is 42.7 Å². The summed E-state index contributed by atoms with van der Waals surface area (Å²) in [4.78, 5) is 13.7. The van der Waals surface area contributed by atoms with Gasteiger partial charge in [0, 0.05) is 0 Å². The molecule has 1 fully saturated rings. The third-order valence-electron chi connectivity index (χ3n) is 3.88. The summed E-state index contributed by atoms with van der Waals surface area (Å²) < 4.78 is 13.0. The molecule has 0 atom stereocenters. The summed E-state index contributed by atoms with van der Waals surface area (Å²) in [6.07, 6.45) is 1.70. The van der Waals surface area contributed by atoms with Crippen LogP contribution in [0.1, 0.15) is 22.3 Å². The zero-order valence-electron chi connectivity index (χ0n) is 14.1. The molecule has 0 unspecified atom stereocenters. The van der Waals surface area contributed by atoms with Crippen molar-refractivity contribution in [3.05, 3.63) is 70.5 Å². The first-order valence-electron chi connectivity index (χ1n) is 7.89. The Balaban J connectivity index is 1.75. The Bertz CT molecular complexity index is 846. The molecule has 1 aliphatic rings. The lowest BCUT2D eigenvalue weighted by molar-refractivity contribution is -0.124. The number of thioether (sulfide) groups is 1. The number of benzene rings is 2. The van der Waals surface area contributed by atoms with Crippen molar-refractivity contribution >= 4 is 29.1 Å². The third kappa shape index (κ3) is 4.33. The number of aryl methyl sites for hydroxylation is 2. The van der Waals surface area contributed by atoms with Crippen molar-refractivity contribution < 1.29 is 9.18 Å². The average Bonchev–Trinajstić information content (AvgIpc) is 2.92. The number of nitrogens with zero attached hydrogens (tertiary/aromatic N) is 3. The van der Waals surface area contributed by atoms with Crippen LogP contribution >= 0.6 is 11.8 Å². The molecule has 0 saturated carbocycles. The minimum atomic E-state index is -0.294. The van der Waals surface area contributed by atoms with Crippen molar-refractivity contribution in [1.82, 2.24) is 4.90 Å². The summed E-state index contributed by atoms with van der Waals surface area (Å²) in [7, 11) is 0. The number of halogens is 1. The fourth-order valence-corrected chi connectivity index (χ4v) is 3.35. The molecule has 0 aromatic heterocycles. The Morgan fingerprint density at radius 3 is 2.68 bits per heavy atom. The van der Waals surface area contributed by atoms with E-state index in [2.05, 4.69) is 16.3 Å². The van der Waals surface area contributed by atoms with E-state index >= 15 is 0 Å². The van der Waals surface area contributed by atoms with Crippen LogP contribution in [0.5, 0.6) is 0 Å². The summed E-state index contributed by atoms with van der Waals surface area (Å²) in [6, 6.07) is 12.2. The minimum Gasteiger partial charge on any atom is -0.285 e. The van der Waals surface area contributed by atoms with Gasteiger partial charge in [-0.3, -0.25) is 9.69 Å². The van der Waals surface area contributed by atoms with E-state index in [1.54, 1.807) is 23.2 Å². The number of amides is 1. The van der Waals surface area contributed by atoms with E-state index in [-0.39, 0.29) is 11.7 Å². The monoisotopic (exact) mass is 355 g/mol. The number of carbonyl (C=O) groups excluding carboxylic acids is 1. The molecule has 1 amide bonds. The van der Waals surface area contributed by atoms with Gasteiger partial charge < -0.3 is 0 Å². The second kappa shape index (κ2) is 7.61. The van der Waals surface area contributed by atoms with Crippen molar-refractivity contribution in [2.45, 2.75) is 20.4 Å². The van der Waals surface area contributed by atoms with Crippen LogP contribution in [0.4, 0.5) is 4.39 Å². The molecule has 6 heteroatoms. The Kier molecular flexibility index (Phi) is 5.28. The highest BCUT2D eigenvalue weighted by molar-refractivity contribution is 8.15. The van der Waals surface area contributed by atoms with E-state index in [0.717, 1.165) is 16.7 Å². The first-order valence-corrected chi connectivity index (χ1v) is 8.87. The second-order valence-electron chi connectivity index (χ2n) is 5.88. The number of carbonyl (C=O) groups is 1. The van der Waals surface area contributed by atoms with Crippen LogP contribution in [0.3, 0.4) is 0 Å². The van der Waals surface area contributed by atoms with Gasteiger partial charge in [-0.1, -0.05) is 47.7 Å². The molecule has 25 heavy (non-hydrogen) atoms. The fraction of sp³-hybridized carbons (Fsp3) is 0.211. The van der Waals surface area contributed by atoms with Gasteiger partial charge in [-0.2, -0.15) is 5.10 Å². The Morgan fingerprint density at radius 2 is 1.96 bits per heavy atom. The summed E-state index contributed by atoms with van der Waals surface area (Å²) in [5.41, 5.74) is 4.17. The molecule has 2 aromatic rings. The Labute approximate surface area is 150 Å². The SMILES string of the molecule is Cc1ccc(/C=N\N=C2\SCC(=O)N2Cc2ccc(F)cc2)c(C)c1. The zero-order valence-corrected chi connectivity index (χ0v) is 14.9. The molecule has 1 heterocycles. The van der Waals surface area contributed by atoms with Crippen molar-refractivity contribution in [2.24, 2.45) is 10.2 Å². The topological polar surface area (TPSA) is 45.0 Å². The minimum absolute atomic E-state index is 0.0187. The van der Waals surface area contributed by atoms with E-state index in [0.29, 0.717) is 17.5 Å². The molecule has 128 valence electrons. The maximum Gasteiger partial charge on any atom is 0.239 e. The maximum absolute atomic E-state index is 13.0. The van der Waals surface area contributed by atoms with Crippen LogP contribution in [0, 0.1) is 19.7 Å². The van der Waals surface area contributed by atoms with Gasteiger partial charge in [0.05, 0.1) is 18.5 Å². The molecule has 1 saturated heterocycles. The van der Waals surface area contributed by atoms with Crippen LogP contribution in [-0.4, -0.2) is 27.9 Å². The second-order valence-corrected chi connectivity index (χ2v) is 6.82. The zero-order chi connectivity index (χ0) is 17.8. The van der Waals surface area contributed by atoms with Crippen LogP contribution in [0.25, 0.3) is 0 Å². The van der Waals surface area contributed by atoms with Gasteiger partial charge in [-0.15, -0.1) is 5.10 Å². The lowest BCUT2D eigenvalue weighted by atomic mass is 10.1. The van der Waals surface area contributed by atoms with Gasteiger partial charge in [0.2, 0.25) is 5.91 Å². The first kappa shape index (κ1) is 17.4. The van der Waals surface area contributed by atoms with Crippen LogP contribution in [-0.2, 0) is 11.3 Å². The summed E-state index contributed by atoms with van der Waals surface area (Å²) in [6.45, 7) is 4.43. The van der Waals surface area contributed by atoms with Crippen molar-refractivity contribution in [3.63, 3.8) is 0 Å². The summed E-state index contributed by atoms with van der Waals surface area (Å²) in [5, 5.41) is 8.92. The van der Waals surface area contributed by atoms with E-state index < -0.39 is 0 Å². The van der Waals surface area contributed by atoms with Gasteiger partial charge in [-0.25, -0.2) is 4.39 Å². The quantitative estimate of drug-likeness (QED) is 0.617. The summed E-state index contributed by atoms with van der Waals surface area (Å²) in [5.74, 6) is 0.0340. The number of rotatable bonds is 4. The Hall–Kier alpha value is -2.47. The highest BCUT2D eigenvalue weighted by atomic mass is 32.2. The van der Waals surface area contributed by atoms with Crippen LogP contribution in [0.2, 0.25) is 0 Å². The smallest absolute Gasteiger partial charge is 0.239 e. The largest absolute Gasteiger partial charge is 0.285 e. The molecule has 0 bridgehead atoms. The third-order valence-corrected chi connectivity index (χ3v) is 4.83. The number of amidine groups is 1. The number of hydrogen-bond donors (Lipinski definition) is 0. The van der Waals surface area contributed by atoms with E-state index in [9.17, 15) is 9.18 Å². The van der Waals surface area contributed by atoms with E-state index in [4.69, 9.17) is 0 Å². The van der Waals surface area contributed by atoms with Crippen molar-refractivity contribution in [2.75, 3.05) is 5.75 Å². The molecular formula is C19H18FN3OS. The van der Waals surface area contributed by atoms with Crippen LogP contribution in [0.15, 0.2) is 52.7 Å². The normalized spacial score (nSPS) is 16.4. The molecule has 3 rings (SSSR count). The molecule has 4 nitrogen and oxygen atoms in total. The van der Waals surface area contributed by atoms with E-state index in [1.165, 1.54) is 29.5 Å². The van der Waals surface area contributed by atoms with Crippen molar-refractivity contribution in [3.8, 4) is 0 Å². The molecular weight excluding hydrogens is 337 g/mol. The van der Waals surface area contributed by atoms with Gasteiger partial charge in [0.1, 0.15) is 5.82 Å². The fourth-order valence-electron chi connectivity index (χ4n) is 2.51. The summed E-state index contributed by atoms with van der Waals surface area (Å²) >= 11 is 1.36. The maximum atomic E-state index is 13.0. The lowest BCUT2D eigenvalue weighted by Crippen LogP contribution is -2.28. The van der Waals surface area contributed by atoms with Gasteiger partial charge in [0.15, 0.2) is 5.17 Å². The predicted octanol–water partition coefficient (Wildman–Crippen LogP) is 3.91. The first-order chi connectivity index (χ1) is 12.0. The highest BCUT2D eigenvalue weighted by Gasteiger charge is 2.28. The molecule has 0 N–H and O–H groups in total. The average molecular weight is 355 g/mol. The Morgan fingerprint density at radius 1 is 1.20 bits per heavy atom. The molecule has 0 aliphatic carbocycles. The number of hydrogen-bond acceptors (Lipinski definition) is 4. The molecule has 0 radical (unpaired) electrons. The van der Waals surface area contributed by atoms with Crippen LogP contribution < -0.4 is 0 Å². The molecule has 2 aromatic carbocycles.